The fourth-order valence-corrected chi connectivity index (χ4v) is 3.88. The summed E-state index contributed by atoms with van der Waals surface area (Å²) in [6.45, 7) is 5.44. The molecule has 1 atom stereocenters. The molecule has 0 saturated carbocycles. The quantitative estimate of drug-likeness (QED) is 0.538. The van der Waals surface area contributed by atoms with Gasteiger partial charge in [0, 0.05) is 70.8 Å². The van der Waals surface area contributed by atoms with Gasteiger partial charge in [-0.1, -0.05) is 12.1 Å². The number of nitrogens with one attached hydrogen (secondary N) is 3. The molecule has 0 radical (unpaired) electrons. The summed E-state index contributed by atoms with van der Waals surface area (Å²) in [5.41, 5.74) is 3.30. The van der Waals surface area contributed by atoms with Crippen LogP contribution in [0.15, 0.2) is 48.5 Å². The number of anilines is 3. The van der Waals surface area contributed by atoms with E-state index in [9.17, 15) is 14.4 Å². The number of carbonyl (C=O) groups is 3. The third-order valence-corrected chi connectivity index (χ3v) is 5.90. The van der Waals surface area contributed by atoms with Crippen molar-refractivity contribution < 1.29 is 14.4 Å². The molecule has 9 heteroatoms. The van der Waals surface area contributed by atoms with Gasteiger partial charge < -0.3 is 25.8 Å². The Bertz CT molecular complexity index is 983. The van der Waals surface area contributed by atoms with Crippen molar-refractivity contribution in [3.8, 4) is 0 Å². The SMILES string of the molecule is CC(=O)Nc1ccc(NC(=O)C(=O)NCC(c2ccc(N(C)C)cc2)N2CCN(C)CC2)cc1. The van der Waals surface area contributed by atoms with E-state index in [1.165, 1.54) is 6.92 Å². The number of piperazine rings is 1. The molecule has 3 rings (SSSR count). The summed E-state index contributed by atoms with van der Waals surface area (Å²) < 4.78 is 0. The highest BCUT2D eigenvalue weighted by Crippen LogP contribution is 2.24. The molecule has 9 nitrogen and oxygen atoms in total. The van der Waals surface area contributed by atoms with Crippen molar-refractivity contribution in [2.75, 3.05) is 69.4 Å². The second-order valence-electron chi connectivity index (χ2n) is 8.76. The number of hydrogen-bond donors (Lipinski definition) is 3. The van der Waals surface area contributed by atoms with Crippen molar-refractivity contribution >= 4 is 34.8 Å². The van der Waals surface area contributed by atoms with Crippen molar-refractivity contribution in [1.29, 1.82) is 0 Å². The first-order valence-electron chi connectivity index (χ1n) is 11.4. The van der Waals surface area contributed by atoms with Gasteiger partial charge >= 0.3 is 11.8 Å². The molecule has 3 amide bonds. The number of carbonyl (C=O) groups excluding carboxylic acids is 3. The number of hydrogen-bond acceptors (Lipinski definition) is 6. The Morgan fingerprint density at radius 2 is 1.41 bits per heavy atom. The maximum absolute atomic E-state index is 12.6. The summed E-state index contributed by atoms with van der Waals surface area (Å²) in [4.78, 5) is 42.8. The molecule has 182 valence electrons. The molecular formula is C25H34N6O3. The third-order valence-electron chi connectivity index (χ3n) is 5.90. The van der Waals surface area contributed by atoms with E-state index in [2.05, 4.69) is 57.1 Å². The highest BCUT2D eigenvalue weighted by molar-refractivity contribution is 6.39. The second-order valence-corrected chi connectivity index (χ2v) is 8.76. The Balaban J connectivity index is 1.63. The van der Waals surface area contributed by atoms with Crippen LogP contribution in [0.4, 0.5) is 17.1 Å². The van der Waals surface area contributed by atoms with E-state index in [0.717, 1.165) is 37.4 Å². The van der Waals surface area contributed by atoms with Crippen molar-refractivity contribution in [3.05, 3.63) is 54.1 Å². The lowest BCUT2D eigenvalue weighted by molar-refractivity contribution is -0.136. The van der Waals surface area contributed by atoms with Crippen LogP contribution in [0.2, 0.25) is 0 Å². The van der Waals surface area contributed by atoms with Crippen LogP contribution in [0, 0.1) is 0 Å². The van der Waals surface area contributed by atoms with Crippen LogP contribution in [0.1, 0.15) is 18.5 Å². The number of amides is 3. The summed E-state index contributed by atoms with van der Waals surface area (Å²) in [5, 5.41) is 8.07. The molecule has 1 aliphatic rings. The lowest BCUT2D eigenvalue weighted by Crippen LogP contribution is -2.49. The zero-order valence-corrected chi connectivity index (χ0v) is 20.3. The molecule has 0 aliphatic carbocycles. The average Bonchev–Trinajstić information content (AvgIpc) is 2.81. The second kappa shape index (κ2) is 11.6. The van der Waals surface area contributed by atoms with Crippen LogP contribution in [-0.2, 0) is 14.4 Å². The van der Waals surface area contributed by atoms with Crippen LogP contribution >= 0.6 is 0 Å². The monoisotopic (exact) mass is 466 g/mol. The van der Waals surface area contributed by atoms with Gasteiger partial charge in [0.2, 0.25) is 5.91 Å². The minimum absolute atomic E-state index is 0.0291. The Kier molecular flexibility index (Phi) is 8.61. The molecule has 1 aliphatic heterocycles. The molecule has 1 fully saturated rings. The number of nitrogens with zero attached hydrogens (tertiary/aromatic N) is 3. The first-order valence-corrected chi connectivity index (χ1v) is 11.4. The average molecular weight is 467 g/mol. The number of likely N-dealkylation sites (N-methyl/N-ethyl adjacent to an activating group) is 1. The largest absolute Gasteiger partial charge is 0.378 e. The summed E-state index contributed by atoms with van der Waals surface area (Å²) in [6, 6.07) is 14.9. The van der Waals surface area contributed by atoms with Gasteiger partial charge in [0.15, 0.2) is 0 Å². The normalized spacial score (nSPS) is 15.3. The fraction of sp³-hybridized carbons (Fsp3) is 0.400. The van der Waals surface area contributed by atoms with E-state index >= 15 is 0 Å². The smallest absolute Gasteiger partial charge is 0.313 e. The molecule has 0 aromatic heterocycles. The van der Waals surface area contributed by atoms with E-state index < -0.39 is 11.8 Å². The van der Waals surface area contributed by atoms with Gasteiger partial charge in [-0.2, -0.15) is 0 Å². The topological polar surface area (TPSA) is 97.0 Å². The van der Waals surface area contributed by atoms with Gasteiger partial charge in [0.1, 0.15) is 0 Å². The summed E-state index contributed by atoms with van der Waals surface area (Å²) in [7, 11) is 6.10. The molecule has 0 bridgehead atoms. The van der Waals surface area contributed by atoms with Crippen LogP contribution in [0.3, 0.4) is 0 Å². The van der Waals surface area contributed by atoms with Gasteiger partial charge in [-0.25, -0.2) is 0 Å². The van der Waals surface area contributed by atoms with Gasteiger partial charge in [-0.3, -0.25) is 19.3 Å². The van der Waals surface area contributed by atoms with Crippen molar-refractivity contribution in [3.63, 3.8) is 0 Å². The molecule has 0 spiro atoms. The molecule has 1 saturated heterocycles. The minimum atomic E-state index is -0.729. The zero-order valence-electron chi connectivity index (χ0n) is 20.3. The molecule has 2 aromatic rings. The van der Waals surface area contributed by atoms with Gasteiger partial charge in [0.05, 0.1) is 6.04 Å². The Morgan fingerprint density at radius 1 is 0.853 bits per heavy atom. The van der Waals surface area contributed by atoms with Gasteiger partial charge in [0.25, 0.3) is 0 Å². The van der Waals surface area contributed by atoms with Crippen LogP contribution in [-0.4, -0.2) is 81.4 Å². The van der Waals surface area contributed by atoms with Crippen LogP contribution in [0.25, 0.3) is 0 Å². The Morgan fingerprint density at radius 3 is 1.94 bits per heavy atom. The lowest BCUT2D eigenvalue weighted by atomic mass is 10.0. The molecule has 34 heavy (non-hydrogen) atoms. The fourth-order valence-electron chi connectivity index (χ4n) is 3.88. The summed E-state index contributed by atoms with van der Waals surface area (Å²) in [6.07, 6.45) is 0. The Hall–Kier alpha value is -3.43. The van der Waals surface area contributed by atoms with E-state index in [0.29, 0.717) is 17.9 Å². The van der Waals surface area contributed by atoms with E-state index in [4.69, 9.17) is 0 Å². The van der Waals surface area contributed by atoms with E-state index in [1.54, 1.807) is 24.3 Å². The predicted octanol–water partition coefficient (Wildman–Crippen LogP) is 1.75. The summed E-state index contributed by atoms with van der Waals surface area (Å²) in [5.74, 6) is -1.59. The zero-order chi connectivity index (χ0) is 24.7. The van der Waals surface area contributed by atoms with E-state index in [-0.39, 0.29) is 11.9 Å². The lowest BCUT2D eigenvalue weighted by Gasteiger charge is -2.38. The number of benzene rings is 2. The van der Waals surface area contributed by atoms with E-state index in [1.807, 2.05) is 19.0 Å². The first-order chi connectivity index (χ1) is 16.2. The maximum atomic E-state index is 12.6. The minimum Gasteiger partial charge on any atom is -0.378 e. The first kappa shape index (κ1) is 25.2. The highest BCUT2D eigenvalue weighted by Gasteiger charge is 2.25. The van der Waals surface area contributed by atoms with Crippen molar-refractivity contribution in [1.82, 2.24) is 15.1 Å². The van der Waals surface area contributed by atoms with Gasteiger partial charge in [-0.15, -0.1) is 0 Å². The number of rotatable bonds is 7. The summed E-state index contributed by atoms with van der Waals surface area (Å²) >= 11 is 0. The molecule has 1 heterocycles. The van der Waals surface area contributed by atoms with Crippen molar-refractivity contribution in [2.45, 2.75) is 13.0 Å². The Labute approximate surface area is 201 Å². The third kappa shape index (κ3) is 7.03. The molecule has 3 N–H and O–H groups in total. The highest BCUT2D eigenvalue weighted by atomic mass is 16.2. The van der Waals surface area contributed by atoms with Gasteiger partial charge in [-0.05, 0) is 49.0 Å². The van der Waals surface area contributed by atoms with Crippen LogP contribution in [0.5, 0.6) is 0 Å². The molecule has 2 aromatic carbocycles. The van der Waals surface area contributed by atoms with Crippen molar-refractivity contribution in [2.24, 2.45) is 0 Å². The van der Waals surface area contributed by atoms with Crippen LogP contribution < -0.4 is 20.9 Å². The maximum Gasteiger partial charge on any atom is 0.313 e. The standard InChI is InChI=1S/C25H34N6O3/c1-18(32)27-20-7-9-21(10-8-20)28-25(34)24(33)26-17-23(31-15-13-30(4)14-16-31)19-5-11-22(12-6-19)29(2)3/h5-12,23H,13-17H2,1-4H3,(H,26,33)(H,27,32)(H,28,34). The molecule has 1 unspecified atom stereocenters. The molecular weight excluding hydrogens is 432 g/mol. The predicted molar refractivity (Wildman–Crippen MR) is 135 cm³/mol.